The van der Waals surface area contributed by atoms with E-state index in [1.807, 2.05) is 33.8 Å². The zero-order valence-electron chi connectivity index (χ0n) is 21.4. The topological polar surface area (TPSA) is 79.8 Å². The summed E-state index contributed by atoms with van der Waals surface area (Å²) in [6.07, 6.45) is -0.318. The third-order valence-corrected chi connectivity index (χ3v) is 7.83. The minimum absolute atomic E-state index is 0.0520. The van der Waals surface area contributed by atoms with Crippen molar-refractivity contribution in [2.24, 2.45) is 0 Å². The molecule has 3 rings (SSSR count). The summed E-state index contributed by atoms with van der Waals surface area (Å²) in [5.41, 5.74) is 1.51. The van der Waals surface area contributed by atoms with Crippen LogP contribution in [0.15, 0.2) is 41.3 Å². The summed E-state index contributed by atoms with van der Waals surface area (Å²) < 4.78 is 44.3. The molecule has 9 heteroatoms. The van der Waals surface area contributed by atoms with E-state index in [1.54, 1.807) is 49.1 Å². The summed E-state index contributed by atoms with van der Waals surface area (Å²) in [6.45, 7) is 12.3. The van der Waals surface area contributed by atoms with E-state index in [0.717, 1.165) is 11.4 Å². The van der Waals surface area contributed by atoms with Crippen molar-refractivity contribution in [1.29, 1.82) is 0 Å². The second-order valence-corrected chi connectivity index (χ2v) is 12.3. The molecule has 1 aromatic carbocycles. The summed E-state index contributed by atoms with van der Waals surface area (Å²) in [4.78, 5) is 21.2. The molecule has 192 valence electrons. The Hall–Kier alpha value is -2.68. The Balaban J connectivity index is 1.68. The van der Waals surface area contributed by atoms with Gasteiger partial charge in [-0.25, -0.2) is 18.2 Å². The van der Waals surface area contributed by atoms with E-state index in [0.29, 0.717) is 30.9 Å². The Kier molecular flexibility index (Phi) is 8.09. The molecular weight excluding hydrogens is 469 g/mol. The Morgan fingerprint density at radius 1 is 1.17 bits per heavy atom. The van der Waals surface area contributed by atoms with Crippen LogP contribution in [0.5, 0.6) is 0 Å². The van der Waals surface area contributed by atoms with Crippen LogP contribution in [0, 0.1) is 6.92 Å². The van der Waals surface area contributed by atoms with Crippen molar-refractivity contribution in [2.45, 2.75) is 69.8 Å². The first-order chi connectivity index (χ1) is 16.3. The number of pyridine rings is 1. The molecule has 2 aromatic rings. The maximum absolute atomic E-state index is 13.0. The van der Waals surface area contributed by atoms with Gasteiger partial charge < -0.3 is 14.5 Å². The third kappa shape index (κ3) is 6.72. The second-order valence-electron chi connectivity index (χ2n) is 10.3. The minimum Gasteiger partial charge on any atom is -0.444 e. The van der Waals surface area contributed by atoms with Gasteiger partial charge in [0, 0.05) is 37.3 Å². The van der Waals surface area contributed by atoms with Crippen LogP contribution in [-0.2, 0) is 20.3 Å². The molecule has 1 amide bonds. The molecular formula is C26H36FN3O4S. The Morgan fingerprint density at radius 2 is 1.83 bits per heavy atom. The van der Waals surface area contributed by atoms with Gasteiger partial charge in [-0.15, -0.1) is 0 Å². The molecule has 0 radical (unpaired) electrons. The Labute approximate surface area is 208 Å². The van der Waals surface area contributed by atoms with Crippen LogP contribution in [0.1, 0.15) is 57.4 Å². The van der Waals surface area contributed by atoms with Gasteiger partial charge in [-0.05, 0) is 63.9 Å². The number of anilines is 1. The van der Waals surface area contributed by atoms with Crippen molar-refractivity contribution in [3.63, 3.8) is 0 Å². The number of piperazine rings is 1. The fraction of sp³-hybridized carbons (Fsp3) is 0.538. The van der Waals surface area contributed by atoms with E-state index in [-0.39, 0.29) is 28.7 Å². The molecule has 1 saturated heterocycles. The molecule has 0 aliphatic carbocycles. The molecule has 1 aromatic heterocycles. The number of benzene rings is 1. The van der Waals surface area contributed by atoms with Gasteiger partial charge >= 0.3 is 6.09 Å². The van der Waals surface area contributed by atoms with Crippen molar-refractivity contribution in [3.05, 3.63) is 53.2 Å². The number of carbonyl (C=O) groups is 1. The van der Waals surface area contributed by atoms with E-state index in [9.17, 15) is 17.6 Å². The molecule has 2 atom stereocenters. The Morgan fingerprint density at radius 3 is 2.37 bits per heavy atom. The Bertz CT molecular complexity index is 1150. The molecule has 2 heterocycles. The van der Waals surface area contributed by atoms with Crippen LogP contribution in [-0.4, -0.2) is 62.3 Å². The lowest BCUT2D eigenvalue weighted by Crippen LogP contribution is -2.55. The number of aromatic nitrogens is 1. The van der Waals surface area contributed by atoms with Crippen molar-refractivity contribution in [2.75, 3.05) is 31.2 Å². The normalized spacial score (nSPS) is 17.9. The van der Waals surface area contributed by atoms with Crippen LogP contribution < -0.4 is 4.90 Å². The first-order valence-electron chi connectivity index (χ1n) is 11.9. The fourth-order valence-corrected chi connectivity index (χ4v) is 5.48. The molecule has 35 heavy (non-hydrogen) atoms. The van der Waals surface area contributed by atoms with Crippen LogP contribution >= 0.6 is 0 Å². The molecule has 1 fully saturated rings. The van der Waals surface area contributed by atoms with Gasteiger partial charge in [-0.3, -0.25) is 4.39 Å². The monoisotopic (exact) mass is 505 g/mol. The highest BCUT2D eigenvalue weighted by Crippen LogP contribution is 2.25. The number of alkyl halides is 1. The van der Waals surface area contributed by atoms with E-state index in [2.05, 4.69) is 9.88 Å². The smallest absolute Gasteiger partial charge is 0.410 e. The van der Waals surface area contributed by atoms with Gasteiger partial charge in [0.2, 0.25) is 0 Å². The summed E-state index contributed by atoms with van der Waals surface area (Å²) in [5.74, 6) is 0.329. The molecule has 0 N–H and O–H groups in total. The first-order valence-corrected chi connectivity index (χ1v) is 13.6. The second kappa shape index (κ2) is 10.5. The van der Waals surface area contributed by atoms with Crippen molar-refractivity contribution < 1.29 is 22.3 Å². The molecule has 0 bridgehead atoms. The molecule has 0 unspecified atom stereocenters. The maximum Gasteiger partial charge on any atom is 0.410 e. The van der Waals surface area contributed by atoms with E-state index in [1.165, 1.54) is 0 Å². The van der Waals surface area contributed by atoms with Crippen molar-refractivity contribution >= 4 is 21.7 Å². The largest absolute Gasteiger partial charge is 0.444 e. The minimum atomic E-state index is -3.57. The summed E-state index contributed by atoms with van der Waals surface area (Å²) in [6, 6.07) is 10.0. The predicted molar refractivity (Wildman–Crippen MR) is 135 cm³/mol. The number of amides is 1. The average Bonchev–Trinajstić information content (AvgIpc) is 2.78. The van der Waals surface area contributed by atoms with Gasteiger partial charge in [0.25, 0.3) is 0 Å². The van der Waals surface area contributed by atoms with Crippen LogP contribution in [0.4, 0.5) is 15.0 Å². The third-order valence-electron chi connectivity index (χ3n) is 6.15. The van der Waals surface area contributed by atoms with Gasteiger partial charge in [-0.1, -0.05) is 25.1 Å². The zero-order chi connectivity index (χ0) is 26.0. The summed E-state index contributed by atoms with van der Waals surface area (Å²) >= 11 is 0. The number of aryl methyl sites for hydroxylation is 1. The summed E-state index contributed by atoms with van der Waals surface area (Å²) in [7, 11) is -3.57. The lowest BCUT2D eigenvalue weighted by atomic mass is 10.0. The van der Waals surface area contributed by atoms with Gasteiger partial charge in [0.05, 0.1) is 17.3 Å². The number of sulfone groups is 1. The molecule has 1 aliphatic heterocycles. The number of hydrogen-bond acceptors (Lipinski definition) is 6. The number of halogens is 1. The highest BCUT2D eigenvalue weighted by Gasteiger charge is 2.31. The highest BCUT2D eigenvalue weighted by molar-refractivity contribution is 7.90. The van der Waals surface area contributed by atoms with Crippen molar-refractivity contribution in [1.82, 2.24) is 9.88 Å². The maximum atomic E-state index is 13.0. The average molecular weight is 506 g/mol. The number of nitrogens with zero attached hydrogens (tertiary/aromatic N) is 3. The van der Waals surface area contributed by atoms with Gasteiger partial charge in [0.15, 0.2) is 9.84 Å². The van der Waals surface area contributed by atoms with E-state index < -0.39 is 22.1 Å². The molecule has 0 saturated carbocycles. The van der Waals surface area contributed by atoms with E-state index in [4.69, 9.17) is 4.74 Å². The predicted octanol–water partition coefficient (Wildman–Crippen LogP) is 4.88. The fourth-order valence-electron chi connectivity index (χ4n) is 4.04. The first kappa shape index (κ1) is 26.9. The van der Waals surface area contributed by atoms with Crippen LogP contribution in [0.25, 0.3) is 0 Å². The van der Waals surface area contributed by atoms with Gasteiger partial charge in [-0.2, -0.15) is 0 Å². The lowest BCUT2D eigenvalue weighted by Gasteiger charge is -2.40. The number of rotatable bonds is 6. The van der Waals surface area contributed by atoms with Crippen LogP contribution in [0.3, 0.4) is 0 Å². The summed E-state index contributed by atoms with van der Waals surface area (Å²) in [5, 5.41) is 0. The molecule has 1 aliphatic rings. The number of hydrogen-bond donors (Lipinski definition) is 0. The highest BCUT2D eigenvalue weighted by atomic mass is 32.2. The SMILES string of the molecule is Cc1nc(N2CCN(C(=O)OC(C)(C)C)[C@H](C)C2)ccc1CS(=O)(=O)c1ccc([C@H](C)CF)cc1. The van der Waals surface area contributed by atoms with Gasteiger partial charge in [0.1, 0.15) is 11.4 Å². The number of carbonyl (C=O) groups excluding carboxylic acids is 1. The number of ether oxygens (including phenoxy) is 1. The molecule has 0 spiro atoms. The zero-order valence-corrected chi connectivity index (χ0v) is 22.2. The van der Waals surface area contributed by atoms with Crippen molar-refractivity contribution in [3.8, 4) is 0 Å². The quantitative estimate of drug-likeness (QED) is 0.557. The lowest BCUT2D eigenvalue weighted by molar-refractivity contribution is 0.0158. The van der Waals surface area contributed by atoms with E-state index >= 15 is 0 Å². The standard InChI is InChI=1S/C26H36FN3O4S/c1-18(15-27)21-7-10-23(11-8-21)35(32,33)17-22-9-12-24(28-20(22)3)29-13-14-30(19(2)16-29)25(31)34-26(4,5)6/h7-12,18-19H,13-17H2,1-6H3/t18-,19-/m1/s1. The van der Waals surface area contributed by atoms with Crippen LogP contribution in [0.2, 0.25) is 0 Å². The molecule has 7 nitrogen and oxygen atoms in total.